The van der Waals surface area contributed by atoms with Crippen LogP contribution < -0.4 is 5.32 Å². The van der Waals surface area contributed by atoms with E-state index in [1.54, 1.807) is 0 Å². The van der Waals surface area contributed by atoms with Crippen LogP contribution in [0.3, 0.4) is 0 Å². The predicted octanol–water partition coefficient (Wildman–Crippen LogP) is 3.78. The second-order valence-electron chi connectivity index (χ2n) is 13.9. The van der Waals surface area contributed by atoms with Gasteiger partial charge in [0.25, 0.3) is 0 Å². The first-order valence-corrected chi connectivity index (χ1v) is 16.9. The fourth-order valence-corrected chi connectivity index (χ4v) is 10.7. The molecule has 0 aromatic rings. The lowest BCUT2D eigenvalue weighted by Crippen LogP contribution is -2.58. The molecule has 224 valence electrons. The normalized spacial score (nSPS) is 41.6. The van der Waals surface area contributed by atoms with Gasteiger partial charge >= 0.3 is 13.6 Å². The Kier molecular flexibility index (Phi) is 9.30. The van der Waals surface area contributed by atoms with E-state index in [-0.39, 0.29) is 41.8 Å². The van der Waals surface area contributed by atoms with Crippen LogP contribution in [0, 0.1) is 52.3 Å². The molecule has 4 aliphatic rings. The van der Waals surface area contributed by atoms with Crippen LogP contribution in [-0.2, 0) is 14.2 Å². The van der Waals surface area contributed by atoms with Crippen LogP contribution in [0.25, 0.3) is 0 Å². The van der Waals surface area contributed by atoms with E-state index in [9.17, 15) is 29.5 Å². The fourth-order valence-electron chi connectivity index (χ4n) is 9.77. The molecule has 4 saturated carbocycles. The number of carbonyl (C=O) groups excluding carboxylic acids is 1. The summed E-state index contributed by atoms with van der Waals surface area (Å²) in [5.41, 5.74) is 0.0720. The largest absolute Gasteiger partial charge is 0.481 e. The van der Waals surface area contributed by atoms with E-state index >= 15 is 0 Å². The van der Waals surface area contributed by atoms with Crippen molar-refractivity contribution < 1.29 is 39.3 Å². The van der Waals surface area contributed by atoms with Gasteiger partial charge in [0.15, 0.2) is 0 Å². The molecule has 0 spiro atoms. The highest BCUT2D eigenvalue weighted by atomic mass is 31.2. The number of carbonyl (C=O) groups is 2. The maximum absolute atomic E-state index is 12.4. The summed E-state index contributed by atoms with van der Waals surface area (Å²) in [6, 6.07) is 0. The second kappa shape index (κ2) is 11.7. The van der Waals surface area contributed by atoms with Gasteiger partial charge in [0, 0.05) is 13.0 Å². The van der Waals surface area contributed by atoms with Crippen LogP contribution in [0.5, 0.6) is 0 Å². The van der Waals surface area contributed by atoms with E-state index in [1.165, 1.54) is 12.8 Å². The van der Waals surface area contributed by atoms with E-state index in [0.717, 1.165) is 44.9 Å². The molecule has 11 atom stereocenters. The fraction of sp³-hybridized carbons (Fsp3) is 0.931. The Labute approximate surface area is 232 Å². The first-order chi connectivity index (χ1) is 18.2. The number of nitrogens with one attached hydrogen (secondary N) is 1. The van der Waals surface area contributed by atoms with Crippen molar-refractivity contribution in [1.29, 1.82) is 0 Å². The van der Waals surface area contributed by atoms with Crippen LogP contribution in [0.4, 0.5) is 0 Å². The molecule has 4 rings (SSSR count). The Hall–Kier alpha value is -0.990. The standard InChI is InChI=1S/C29H50NO8P/c1-17(11-13-30-26(33)9-4-18(27(34)35)16-39(36,37)38)22-7-8-23-21-6-5-19-14-20(31)10-12-28(19,2)24(21)15-25(32)29(22,23)3/h17-25,31-32H,4-16H2,1-3H3,(H,30,33)(H,34,35)(H2,36,37,38)/t17-,18?,19-,20-,21?,22-,23?,24?,25+,28+,29-/m1/s1. The molecule has 0 bridgehead atoms. The van der Waals surface area contributed by atoms with Crippen molar-refractivity contribution >= 4 is 19.5 Å². The number of hydrogen-bond acceptors (Lipinski definition) is 5. The van der Waals surface area contributed by atoms with Crippen molar-refractivity contribution in [3.8, 4) is 0 Å². The number of carboxylic acid groups (broad SMARTS) is 1. The first-order valence-electron chi connectivity index (χ1n) is 15.1. The Bertz CT molecular complexity index is 956. The monoisotopic (exact) mass is 571 g/mol. The SMILES string of the molecule is C[C@H](CCNC(=O)CCC(CP(=O)(O)O)C(=O)O)[C@H]1CCC2C3CC[C@@H]4C[C@H](O)CC[C@]4(C)C3C[C@H](O)[C@@]21C. The zero-order valence-electron chi connectivity index (χ0n) is 23.8. The average molecular weight is 572 g/mol. The van der Waals surface area contributed by atoms with Crippen molar-refractivity contribution in [3.05, 3.63) is 0 Å². The number of fused-ring (bicyclic) bond motifs is 5. The van der Waals surface area contributed by atoms with Crippen molar-refractivity contribution in [2.24, 2.45) is 52.3 Å². The first kappa shape index (κ1) is 31.0. The molecule has 0 aromatic carbocycles. The maximum atomic E-state index is 12.4. The number of hydrogen-bond donors (Lipinski definition) is 6. The van der Waals surface area contributed by atoms with Gasteiger partial charge < -0.3 is 30.4 Å². The number of aliphatic hydroxyl groups excluding tert-OH is 2. The molecule has 0 radical (unpaired) electrons. The number of amides is 1. The van der Waals surface area contributed by atoms with Gasteiger partial charge in [-0.25, -0.2) is 0 Å². The molecule has 6 N–H and O–H groups in total. The molecule has 0 aromatic heterocycles. The van der Waals surface area contributed by atoms with Crippen LogP contribution in [0.2, 0.25) is 0 Å². The van der Waals surface area contributed by atoms with E-state index < -0.39 is 25.6 Å². The van der Waals surface area contributed by atoms with Gasteiger partial charge in [-0.05, 0) is 111 Å². The highest BCUT2D eigenvalue weighted by molar-refractivity contribution is 7.51. The molecule has 9 nitrogen and oxygen atoms in total. The maximum Gasteiger partial charge on any atom is 0.326 e. The average Bonchev–Trinajstić information content (AvgIpc) is 3.21. The van der Waals surface area contributed by atoms with Gasteiger partial charge in [0.1, 0.15) is 0 Å². The minimum absolute atomic E-state index is 0.0901. The van der Waals surface area contributed by atoms with Crippen molar-refractivity contribution in [2.75, 3.05) is 12.7 Å². The second-order valence-corrected chi connectivity index (χ2v) is 15.6. The minimum Gasteiger partial charge on any atom is -0.481 e. The summed E-state index contributed by atoms with van der Waals surface area (Å²) in [6.45, 7) is 7.40. The van der Waals surface area contributed by atoms with Gasteiger partial charge in [-0.3, -0.25) is 14.2 Å². The third kappa shape index (κ3) is 6.28. The summed E-state index contributed by atoms with van der Waals surface area (Å²) >= 11 is 0. The van der Waals surface area contributed by atoms with Crippen LogP contribution >= 0.6 is 7.60 Å². The summed E-state index contributed by atoms with van der Waals surface area (Å²) in [4.78, 5) is 41.8. The lowest BCUT2D eigenvalue weighted by molar-refractivity contribution is -0.174. The summed E-state index contributed by atoms with van der Waals surface area (Å²) in [5.74, 6) is 0.0176. The van der Waals surface area contributed by atoms with Gasteiger partial charge in [-0.1, -0.05) is 20.8 Å². The summed E-state index contributed by atoms with van der Waals surface area (Å²) in [5, 5.41) is 34.1. The number of carboxylic acids is 1. The topological polar surface area (TPSA) is 164 Å². The van der Waals surface area contributed by atoms with E-state index in [2.05, 4.69) is 26.1 Å². The van der Waals surface area contributed by atoms with E-state index in [0.29, 0.717) is 42.1 Å². The van der Waals surface area contributed by atoms with Crippen molar-refractivity contribution in [2.45, 2.75) is 104 Å². The molecule has 39 heavy (non-hydrogen) atoms. The summed E-state index contributed by atoms with van der Waals surface area (Å²) in [6.07, 6.45) is 7.56. The third-order valence-corrected chi connectivity index (χ3v) is 12.9. The molecular weight excluding hydrogens is 521 g/mol. The Morgan fingerprint density at radius 1 is 1.00 bits per heavy atom. The summed E-state index contributed by atoms with van der Waals surface area (Å²) in [7, 11) is -4.47. The molecule has 1 amide bonds. The van der Waals surface area contributed by atoms with Gasteiger partial charge in [-0.15, -0.1) is 0 Å². The molecule has 4 fully saturated rings. The molecule has 4 aliphatic carbocycles. The van der Waals surface area contributed by atoms with E-state index in [4.69, 9.17) is 9.79 Å². The lowest BCUT2D eigenvalue weighted by atomic mass is 9.43. The lowest BCUT2D eigenvalue weighted by Gasteiger charge is -2.62. The van der Waals surface area contributed by atoms with Gasteiger partial charge in [0.05, 0.1) is 24.3 Å². The van der Waals surface area contributed by atoms with Gasteiger partial charge in [-0.2, -0.15) is 0 Å². The highest BCUT2D eigenvalue weighted by Crippen LogP contribution is 2.68. The smallest absolute Gasteiger partial charge is 0.326 e. The zero-order chi connectivity index (χ0) is 28.8. The summed E-state index contributed by atoms with van der Waals surface area (Å²) < 4.78 is 11.2. The minimum atomic E-state index is -4.47. The Morgan fingerprint density at radius 2 is 1.72 bits per heavy atom. The van der Waals surface area contributed by atoms with E-state index in [1.807, 2.05) is 0 Å². The molecular formula is C29H50NO8P. The Balaban J connectivity index is 1.31. The molecule has 4 unspecified atom stereocenters. The Morgan fingerprint density at radius 3 is 2.38 bits per heavy atom. The van der Waals surface area contributed by atoms with Crippen LogP contribution in [-0.4, -0.2) is 61.9 Å². The number of aliphatic carboxylic acids is 1. The third-order valence-electron chi connectivity index (χ3n) is 12.0. The number of aliphatic hydroxyl groups is 2. The van der Waals surface area contributed by atoms with Gasteiger partial charge in [0.2, 0.25) is 5.91 Å². The van der Waals surface area contributed by atoms with Crippen molar-refractivity contribution in [1.82, 2.24) is 5.32 Å². The van der Waals surface area contributed by atoms with Crippen LogP contribution in [0.1, 0.15) is 91.4 Å². The molecule has 10 heteroatoms. The van der Waals surface area contributed by atoms with Crippen LogP contribution in [0.15, 0.2) is 0 Å². The molecule has 0 heterocycles. The predicted molar refractivity (Wildman–Crippen MR) is 147 cm³/mol. The highest BCUT2D eigenvalue weighted by Gasteiger charge is 2.63. The molecule has 0 saturated heterocycles. The number of rotatable bonds is 10. The van der Waals surface area contributed by atoms with Crippen molar-refractivity contribution in [3.63, 3.8) is 0 Å². The zero-order valence-corrected chi connectivity index (χ0v) is 24.7. The molecule has 0 aliphatic heterocycles. The quantitative estimate of drug-likeness (QED) is 0.216.